The van der Waals surface area contributed by atoms with Crippen LogP contribution in [0, 0.1) is 0 Å². The molecule has 3 aromatic rings. The molecule has 2 aromatic carbocycles. The van der Waals surface area contributed by atoms with Crippen molar-refractivity contribution in [1.29, 1.82) is 0 Å². The van der Waals surface area contributed by atoms with Gasteiger partial charge in [-0.1, -0.05) is 30.3 Å². The average Bonchev–Trinajstić information content (AvgIpc) is 3.31. The zero-order valence-electron chi connectivity index (χ0n) is 18.9. The number of aliphatic hydroxyl groups excluding tert-OH is 1. The molecule has 1 aliphatic heterocycles. The van der Waals surface area contributed by atoms with Crippen molar-refractivity contribution in [3.63, 3.8) is 0 Å². The van der Waals surface area contributed by atoms with E-state index in [0.717, 1.165) is 5.56 Å². The first-order valence-electron chi connectivity index (χ1n) is 11.2. The van der Waals surface area contributed by atoms with Crippen LogP contribution in [0.25, 0.3) is 10.9 Å². The van der Waals surface area contributed by atoms with Gasteiger partial charge in [0.15, 0.2) is 11.5 Å². The number of nitrogens with one attached hydrogen (secondary N) is 2. The first-order valence-corrected chi connectivity index (χ1v) is 11.2. The van der Waals surface area contributed by atoms with Gasteiger partial charge in [0.1, 0.15) is 5.56 Å². The first kappa shape index (κ1) is 23.3. The van der Waals surface area contributed by atoms with E-state index >= 15 is 0 Å². The quantitative estimate of drug-likeness (QED) is 0.442. The number of pyridine rings is 1. The molecule has 2 amide bonds. The summed E-state index contributed by atoms with van der Waals surface area (Å²) in [6.45, 7) is 2.40. The number of aromatic nitrogens is 1. The number of ether oxygens (including phenoxy) is 2. The lowest BCUT2D eigenvalue weighted by molar-refractivity contribution is -0.121. The van der Waals surface area contributed by atoms with Gasteiger partial charge in [-0.2, -0.15) is 0 Å². The van der Waals surface area contributed by atoms with Crippen LogP contribution >= 0.6 is 0 Å². The minimum Gasteiger partial charge on any atom is -0.454 e. The second-order valence-corrected chi connectivity index (χ2v) is 8.02. The van der Waals surface area contributed by atoms with Crippen LogP contribution in [-0.4, -0.2) is 47.5 Å². The molecule has 9 nitrogen and oxygen atoms in total. The van der Waals surface area contributed by atoms with Gasteiger partial charge in [0.2, 0.25) is 18.1 Å². The highest BCUT2D eigenvalue weighted by molar-refractivity contribution is 5.98. The van der Waals surface area contributed by atoms with Crippen LogP contribution in [0.15, 0.2) is 53.5 Å². The minimum atomic E-state index is -0.553. The summed E-state index contributed by atoms with van der Waals surface area (Å²) in [5.41, 5.74) is 1.23. The molecule has 0 bridgehead atoms. The number of carbonyl (C=O) groups excluding carboxylic acids is 2. The SMILES string of the molecule is CCn1cc(C(=O)NCCC(=O)N[C@@H](CO)Cc2ccccc2)c(=O)c2cc3c(cc21)OCO3. The zero-order chi connectivity index (χ0) is 24.1. The Morgan fingerprint density at radius 3 is 2.59 bits per heavy atom. The molecule has 1 aromatic heterocycles. The molecule has 1 atom stereocenters. The van der Waals surface area contributed by atoms with Crippen molar-refractivity contribution in [2.75, 3.05) is 19.9 Å². The third kappa shape index (κ3) is 5.04. The molecule has 0 spiro atoms. The van der Waals surface area contributed by atoms with Gasteiger partial charge < -0.3 is 29.8 Å². The molecule has 178 valence electrons. The highest BCUT2D eigenvalue weighted by Crippen LogP contribution is 2.35. The number of nitrogens with zero attached hydrogens (tertiary/aromatic N) is 1. The number of benzene rings is 2. The summed E-state index contributed by atoms with van der Waals surface area (Å²) in [6.07, 6.45) is 2.04. The summed E-state index contributed by atoms with van der Waals surface area (Å²) < 4.78 is 12.6. The molecule has 0 saturated carbocycles. The van der Waals surface area contributed by atoms with Crippen LogP contribution in [-0.2, 0) is 17.8 Å². The maximum Gasteiger partial charge on any atom is 0.256 e. The third-order valence-electron chi connectivity index (χ3n) is 5.71. The molecule has 0 radical (unpaired) electrons. The zero-order valence-corrected chi connectivity index (χ0v) is 18.9. The largest absolute Gasteiger partial charge is 0.454 e. The Morgan fingerprint density at radius 2 is 1.88 bits per heavy atom. The summed E-state index contributed by atoms with van der Waals surface area (Å²) in [7, 11) is 0. The lowest BCUT2D eigenvalue weighted by Crippen LogP contribution is -2.40. The van der Waals surface area contributed by atoms with Crippen molar-refractivity contribution in [3.8, 4) is 11.5 Å². The van der Waals surface area contributed by atoms with Crippen molar-refractivity contribution in [2.45, 2.75) is 32.4 Å². The van der Waals surface area contributed by atoms with E-state index in [1.54, 1.807) is 16.7 Å². The maximum absolute atomic E-state index is 13.0. The van der Waals surface area contributed by atoms with E-state index in [1.165, 1.54) is 6.20 Å². The number of carbonyl (C=O) groups is 2. The minimum absolute atomic E-state index is 0.00839. The number of hydrogen-bond donors (Lipinski definition) is 3. The third-order valence-corrected chi connectivity index (χ3v) is 5.71. The predicted octanol–water partition coefficient (Wildman–Crippen LogP) is 1.59. The molecular formula is C25H27N3O6. The van der Waals surface area contributed by atoms with Gasteiger partial charge in [-0.3, -0.25) is 14.4 Å². The number of hydrogen-bond acceptors (Lipinski definition) is 6. The summed E-state index contributed by atoms with van der Waals surface area (Å²) in [6, 6.07) is 12.5. The van der Waals surface area contributed by atoms with Crippen LogP contribution in [0.5, 0.6) is 11.5 Å². The summed E-state index contributed by atoms with van der Waals surface area (Å²) in [4.78, 5) is 38.1. The highest BCUT2D eigenvalue weighted by atomic mass is 16.7. The van der Waals surface area contributed by atoms with Gasteiger partial charge in [-0.25, -0.2) is 0 Å². The lowest BCUT2D eigenvalue weighted by atomic mass is 10.1. The van der Waals surface area contributed by atoms with Crippen molar-refractivity contribution < 1.29 is 24.2 Å². The fourth-order valence-corrected chi connectivity index (χ4v) is 3.95. The Balaban J connectivity index is 1.39. The Labute approximate surface area is 196 Å². The van der Waals surface area contributed by atoms with E-state index in [-0.39, 0.29) is 37.8 Å². The monoisotopic (exact) mass is 465 g/mol. The Kier molecular flexibility index (Phi) is 7.12. The van der Waals surface area contributed by atoms with E-state index < -0.39 is 17.4 Å². The van der Waals surface area contributed by atoms with Crippen LogP contribution < -0.4 is 25.5 Å². The van der Waals surface area contributed by atoms with Crippen LogP contribution in [0.1, 0.15) is 29.3 Å². The second kappa shape index (κ2) is 10.4. The van der Waals surface area contributed by atoms with Gasteiger partial charge in [0, 0.05) is 31.8 Å². The smallest absolute Gasteiger partial charge is 0.256 e. The van der Waals surface area contributed by atoms with Gasteiger partial charge in [-0.05, 0) is 25.0 Å². The fourth-order valence-electron chi connectivity index (χ4n) is 3.95. The maximum atomic E-state index is 13.0. The van der Waals surface area contributed by atoms with Gasteiger partial charge in [-0.15, -0.1) is 0 Å². The lowest BCUT2D eigenvalue weighted by Gasteiger charge is -2.16. The molecule has 9 heteroatoms. The number of fused-ring (bicyclic) bond motifs is 2. The van der Waals surface area contributed by atoms with E-state index in [4.69, 9.17) is 9.47 Å². The fraction of sp³-hybridized carbons (Fsp3) is 0.320. The molecule has 0 saturated heterocycles. The van der Waals surface area contributed by atoms with Gasteiger partial charge in [0.25, 0.3) is 5.91 Å². The van der Waals surface area contributed by atoms with Crippen molar-refractivity contribution in [3.05, 3.63) is 70.0 Å². The molecule has 34 heavy (non-hydrogen) atoms. The average molecular weight is 466 g/mol. The van der Waals surface area contributed by atoms with Crippen molar-refractivity contribution in [1.82, 2.24) is 15.2 Å². The van der Waals surface area contributed by atoms with Gasteiger partial charge in [0.05, 0.1) is 23.6 Å². The number of aliphatic hydroxyl groups is 1. The van der Waals surface area contributed by atoms with Gasteiger partial charge >= 0.3 is 0 Å². The molecule has 1 aliphatic rings. The van der Waals surface area contributed by atoms with Crippen LogP contribution in [0.2, 0.25) is 0 Å². The highest BCUT2D eigenvalue weighted by Gasteiger charge is 2.21. The van der Waals surface area contributed by atoms with E-state index in [9.17, 15) is 19.5 Å². The van der Waals surface area contributed by atoms with E-state index in [0.29, 0.717) is 35.4 Å². The number of aryl methyl sites for hydroxylation is 1. The first-order chi connectivity index (χ1) is 16.5. The van der Waals surface area contributed by atoms with Crippen molar-refractivity contribution >= 4 is 22.7 Å². The standard InChI is InChI=1S/C25H27N3O6/c1-2-28-13-19(24(31)18-11-21-22(12-20(18)28)34-15-33-21)25(32)26-9-8-23(30)27-17(14-29)10-16-6-4-3-5-7-16/h3-7,11-13,17,29H,2,8-10,14-15H2,1H3,(H,26,32)(H,27,30)/t17-/m1/s1. The molecule has 0 aliphatic carbocycles. The summed E-state index contributed by atoms with van der Waals surface area (Å²) >= 11 is 0. The predicted molar refractivity (Wildman–Crippen MR) is 126 cm³/mol. The molecule has 3 N–H and O–H groups in total. The van der Waals surface area contributed by atoms with E-state index in [2.05, 4.69) is 10.6 Å². The number of rotatable bonds is 9. The Bertz CT molecular complexity index is 1250. The summed E-state index contributed by atoms with van der Waals surface area (Å²) in [5, 5.41) is 15.4. The number of amides is 2. The molecule has 2 heterocycles. The summed E-state index contributed by atoms with van der Waals surface area (Å²) in [5.74, 6) is 0.177. The molecule has 0 unspecified atom stereocenters. The Morgan fingerprint density at radius 1 is 1.15 bits per heavy atom. The van der Waals surface area contributed by atoms with E-state index in [1.807, 2.05) is 37.3 Å². The van der Waals surface area contributed by atoms with Crippen LogP contribution in [0.3, 0.4) is 0 Å². The Hall–Kier alpha value is -3.85. The van der Waals surface area contributed by atoms with Crippen LogP contribution in [0.4, 0.5) is 0 Å². The normalized spacial score (nSPS) is 13.0. The second-order valence-electron chi connectivity index (χ2n) is 8.02. The topological polar surface area (TPSA) is 119 Å². The molecular weight excluding hydrogens is 438 g/mol. The molecule has 0 fully saturated rings. The van der Waals surface area contributed by atoms with Crippen molar-refractivity contribution in [2.24, 2.45) is 0 Å². The molecule has 4 rings (SSSR count).